The van der Waals surface area contributed by atoms with Gasteiger partial charge in [0.15, 0.2) is 0 Å². The molecule has 0 aromatic carbocycles. The number of Topliss-reactive ketones (excluding diaryl/α,β-unsaturated/α-hetero) is 1. The summed E-state index contributed by atoms with van der Waals surface area (Å²) in [5.41, 5.74) is 1.23. The fourth-order valence-corrected chi connectivity index (χ4v) is 9.02. The molecular formula is C31H52N2O3. The van der Waals surface area contributed by atoms with E-state index >= 15 is 0 Å². The normalized spacial score (nSPS) is 44.5. The summed E-state index contributed by atoms with van der Waals surface area (Å²) >= 11 is 0. The van der Waals surface area contributed by atoms with E-state index in [0.717, 1.165) is 44.4 Å². The Morgan fingerprint density at radius 2 is 1.39 bits per heavy atom. The van der Waals surface area contributed by atoms with Crippen molar-refractivity contribution in [1.29, 1.82) is 0 Å². The molecule has 204 valence electrons. The minimum Gasteiger partial charge on any atom is -0.353 e. The van der Waals surface area contributed by atoms with Crippen LogP contribution in [0.2, 0.25) is 0 Å². The Balaban J connectivity index is 0.000000127. The lowest BCUT2D eigenvalue weighted by molar-refractivity contribution is -0.137. The number of fused-ring (bicyclic) bond motifs is 6. The first kappa shape index (κ1) is 27.6. The molecular weight excluding hydrogens is 448 g/mol. The van der Waals surface area contributed by atoms with Crippen molar-refractivity contribution in [3.8, 4) is 0 Å². The first-order valence-electron chi connectivity index (χ1n) is 14.5. The van der Waals surface area contributed by atoms with E-state index in [4.69, 9.17) is 0 Å². The molecule has 0 aromatic rings. The SMILES string of the molecule is CC12CC(=O)NC(C1)C(C)(C)C2.CC12CCC(CC(=O)N1)C2(C)C.CC12CCC(CCC1=O)C2(C)C. The summed E-state index contributed by atoms with van der Waals surface area (Å²) in [6.45, 7) is 20.2. The molecule has 6 unspecified atom stereocenters. The summed E-state index contributed by atoms with van der Waals surface area (Å²) in [7, 11) is 0. The molecule has 0 aromatic heterocycles. The van der Waals surface area contributed by atoms with Crippen LogP contribution in [0.15, 0.2) is 0 Å². The molecule has 2 heterocycles. The molecule has 6 aliphatic rings. The Morgan fingerprint density at radius 3 is 1.97 bits per heavy atom. The van der Waals surface area contributed by atoms with Crippen LogP contribution in [0.5, 0.6) is 0 Å². The Hall–Kier alpha value is -1.39. The summed E-state index contributed by atoms with van der Waals surface area (Å²) in [5, 5.41) is 6.22. The smallest absolute Gasteiger partial charge is 0.220 e. The number of carbonyl (C=O) groups excluding carboxylic acids is 3. The van der Waals surface area contributed by atoms with E-state index in [2.05, 4.69) is 72.9 Å². The van der Waals surface area contributed by atoms with E-state index in [1.165, 1.54) is 25.7 Å². The van der Waals surface area contributed by atoms with Gasteiger partial charge >= 0.3 is 0 Å². The van der Waals surface area contributed by atoms with E-state index in [1.807, 2.05) is 0 Å². The highest BCUT2D eigenvalue weighted by atomic mass is 16.2. The first-order chi connectivity index (χ1) is 16.4. The molecule has 0 radical (unpaired) electrons. The van der Waals surface area contributed by atoms with E-state index < -0.39 is 0 Å². The molecule has 2 saturated heterocycles. The molecule has 36 heavy (non-hydrogen) atoms. The molecule has 2 amide bonds. The van der Waals surface area contributed by atoms with Gasteiger partial charge in [0.1, 0.15) is 5.78 Å². The lowest BCUT2D eigenvalue weighted by atomic mass is 9.59. The van der Waals surface area contributed by atoms with Crippen molar-refractivity contribution >= 4 is 17.6 Å². The molecule has 4 saturated carbocycles. The molecule has 6 atom stereocenters. The standard InChI is InChI=1S/C11H18O.2C10H17NO/c1-10(2)8-4-5-9(12)11(10,3)7-6-8;1-9(2)6-10(3)4-7(9)11-8(12)5-10;1-9(2)7-4-5-10(9,3)11-8(12)6-7/h8H,4-7H2,1-3H3;2*7H,4-6H2,1-3H3,(H,11,12). The number of rotatable bonds is 0. The van der Waals surface area contributed by atoms with Crippen LogP contribution in [0.3, 0.4) is 0 Å². The number of piperidine rings is 2. The highest BCUT2D eigenvalue weighted by Crippen LogP contribution is 2.61. The minimum absolute atomic E-state index is 0.00984. The third-order valence-electron chi connectivity index (χ3n) is 12.5. The molecule has 6 fully saturated rings. The van der Waals surface area contributed by atoms with Gasteiger partial charge in [0, 0.05) is 36.3 Å². The lowest BCUT2D eigenvalue weighted by Gasteiger charge is -2.46. The summed E-state index contributed by atoms with van der Waals surface area (Å²) in [6, 6.07) is 0.420. The zero-order valence-corrected chi connectivity index (χ0v) is 24.5. The largest absolute Gasteiger partial charge is 0.353 e. The van der Waals surface area contributed by atoms with Crippen molar-refractivity contribution < 1.29 is 14.4 Å². The fourth-order valence-electron chi connectivity index (χ4n) is 9.02. The van der Waals surface area contributed by atoms with Crippen LogP contribution in [0.1, 0.15) is 127 Å². The van der Waals surface area contributed by atoms with Gasteiger partial charge in [0.25, 0.3) is 0 Å². The molecule has 2 aliphatic heterocycles. The maximum absolute atomic E-state index is 11.8. The number of carbonyl (C=O) groups is 3. The number of ketones is 1. The minimum atomic E-state index is 0.00984. The van der Waals surface area contributed by atoms with Gasteiger partial charge in [-0.2, -0.15) is 0 Å². The Kier molecular flexibility index (Phi) is 6.57. The van der Waals surface area contributed by atoms with Crippen molar-refractivity contribution in [1.82, 2.24) is 10.6 Å². The van der Waals surface area contributed by atoms with Crippen LogP contribution in [-0.2, 0) is 14.4 Å². The topological polar surface area (TPSA) is 75.3 Å². The monoisotopic (exact) mass is 500 g/mol. The molecule has 6 rings (SSSR count). The second kappa shape index (κ2) is 8.56. The van der Waals surface area contributed by atoms with E-state index in [-0.39, 0.29) is 33.6 Å². The van der Waals surface area contributed by atoms with Crippen LogP contribution in [0.4, 0.5) is 0 Å². The number of amides is 2. The summed E-state index contributed by atoms with van der Waals surface area (Å²) in [6.07, 6.45) is 10.6. The van der Waals surface area contributed by atoms with E-state index in [1.54, 1.807) is 0 Å². The van der Waals surface area contributed by atoms with Gasteiger partial charge in [-0.15, -0.1) is 0 Å². The van der Waals surface area contributed by atoms with Crippen molar-refractivity contribution in [2.24, 2.45) is 38.9 Å². The van der Waals surface area contributed by atoms with Crippen LogP contribution >= 0.6 is 0 Å². The summed E-state index contributed by atoms with van der Waals surface area (Å²) in [4.78, 5) is 34.4. The second-order valence-corrected chi connectivity index (χ2v) is 15.8. The molecule has 6 bridgehead atoms. The van der Waals surface area contributed by atoms with Gasteiger partial charge in [-0.05, 0) is 85.4 Å². The van der Waals surface area contributed by atoms with Crippen LogP contribution < -0.4 is 10.6 Å². The summed E-state index contributed by atoms with van der Waals surface area (Å²) in [5.74, 6) is 2.43. The first-order valence-corrected chi connectivity index (χ1v) is 14.5. The zero-order chi connectivity index (χ0) is 26.9. The van der Waals surface area contributed by atoms with Crippen molar-refractivity contribution in [2.45, 2.75) is 138 Å². The average Bonchev–Trinajstić information content (AvgIpc) is 3.01. The molecule has 5 heteroatoms. The van der Waals surface area contributed by atoms with Crippen LogP contribution in [0.25, 0.3) is 0 Å². The van der Waals surface area contributed by atoms with Crippen LogP contribution in [-0.4, -0.2) is 29.2 Å². The Labute approximate surface area is 219 Å². The molecule has 0 spiro atoms. The third-order valence-corrected chi connectivity index (χ3v) is 12.5. The predicted octanol–water partition coefficient (Wildman–Crippen LogP) is 6.19. The second-order valence-electron chi connectivity index (χ2n) is 15.8. The lowest BCUT2D eigenvalue weighted by Crippen LogP contribution is -2.58. The van der Waals surface area contributed by atoms with Gasteiger partial charge in [-0.3, -0.25) is 14.4 Å². The number of hydrogen-bond donors (Lipinski definition) is 2. The van der Waals surface area contributed by atoms with Crippen molar-refractivity contribution in [3.63, 3.8) is 0 Å². The zero-order valence-electron chi connectivity index (χ0n) is 24.5. The number of hydrogen-bond acceptors (Lipinski definition) is 3. The van der Waals surface area contributed by atoms with E-state index in [9.17, 15) is 14.4 Å². The molecule has 5 nitrogen and oxygen atoms in total. The van der Waals surface area contributed by atoms with Gasteiger partial charge in [0.05, 0.1) is 0 Å². The molecule has 4 aliphatic carbocycles. The highest BCUT2D eigenvalue weighted by Gasteiger charge is 2.58. The van der Waals surface area contributed by atoms with Crippen LogP contribution in [0, 0.1) is 38.9 Å². The maximum atomic E-state index is 11.8. The quantitative estimate of drug-likeness (QED) is 0.416. The van der Waals surface area contributed by atoms with Gasteiger partial charge in [0.2, 0.25) is 11.8 Å². The van der Waals surface area contributed by atoms with E-state index in [0.29, 0.717) is 28.6 Å². The fraction of sp³-hybridized carbons (Fsp3) is 0.903. The Bertz CT molecular complexity index is 928. The maximum Gasteiger partial charge on any atom is 0.220 e. The number of nitrogens with one attached hydrogen (secondary N) is 2. The van der Waals surface area contributed by atoms with Gasteiger partial charge < -0.3 is 10.6 Å². The van der Waals surface area contributed by atoms with Gasteiger partial charge in [-0.25, -0.2) is 0 Å². The van der Waals surface area contributed by atoms with Crippen molar-refractivity contribution in [2.75, 3.05) is 0 Å². The Morgan fingerprint density at radius 1 is 0.750 bits per heavy atom. The average molecular weight is 501 g/mol. The highest BCUT2D eigenvalue weighted by molar-refractivity contribution is 5.86. The van der Waals surface area contributed by atoms with Gasteiger partial charge in [-0.1, -0.05) is 55.4 Å². The third kappa shape index (κ3) is 4.34. The molecule has 2 N–H and O–H groups in total. The van der Waals surface area contributed by atoms with Crippen molar-refractivity contribution in [3.05, 3.63) is 0 Å². The predicted molar refractivity (Wildman–Crippen MR) is 144 cm³/mol. The summed E-state index contributed by atoms with van der Waals surface area (Å²) < 4.78 is 0.